The number of benzene rings is 1. The summed E-state index contributed by atoms with van der Waals surface area (Å²) in [6, 6.07) is 14.0. The van der Waals surface area contributed by atoms with Crippen LogP contribution in [0.2, 0.25) is 0 Å². The van der Waals surface area contributed by atoms with Gasteiger partial charge >= 0.3 is 0 Å². The lowest BCUT2D eigenvalue weighted by atomic mass is 10.1. The van der Waals surface area contributed by atoms with Gasteiger partial charge in [0.05, 0.1) is 6.42 Å². The molecule has 2 heterocycles. The molecule has 0 fully saturated rings. The van der Waals surface area contributed by atoms with E-state index in [0.717, 1.165) is 17.8 Å². The van der Waals surface area contributed by atoms with Crippen LogP contribution in [0.5, 0.6) is 0 Å². The van der Waals surface area contributed by atoms with E-state index in [9.17, 15) is 4.79 Å². The molecule has 0 N–H and O–H groups in total. The summed E-state index contributed by atoms with van der Waals surface area (Å²) in [5.41, 5.74) is 3.13. The maximum atomic E-state index is 12.5. The molecule has 1 aromatic carbocycles. The molecule has 1 unspecified atom stereocenters. The molecule has 1 amide bonds. The second-order valence-corrected chi connectivity index (χ2v) is 4.94. The van der Waals surface area contributed by atoms with Gasteiger partial charge in [0.1, 0.15) is 0 Å². The van der Waals surface area contributed by atoms with Gasteiger partial charge < -0.3 is 4.90 Å². The Morgan fingerprint density at radius 3 is 2.84 bits per heavy atom. The third-order valence-corrected chi connectivity index (χ3v) is 3.53. The van der Waals surface area contributed by atoms with Gasteiger partial charge in [-0.1, -0.05) is 24.3 Å². The van der Waals surface area contributed by atoms with Gasteiger partial charge in [-0.25, -0.2) is 0 Å². The summed E-state index contributed by atoms with van der Waals surface area (Å²) >= 11 is 0. The lowest BCUT2D eigenvalue weighted by Crippen LogP contribution is -2.36. The van der Waals surface area contributed by atoms with Crippen LogP contribution in [0.25, 0.3) is 0 Å². The highest BCUT2D eigenvalue weighted by molar-refractivity contribution is 5.97. The molecule has 0 radical (unpaired) electrons. The average Bonchev–Trinajstić information content (AvgIpc) is 2.75. The van der Waals surface area contributed by atoms with Crippen molar-refractivity contribution in [2.45, 2.75) is 25.8 Å². The van der Waals surface area contributed by atoms with Crippen LogP contribution in [-0.4, -0.2) is 16.9 Å². The fraction of sp³-hybridized carbons (Fsp3) is 0.250. The summed E-state index contributed by atoms with van der Waals surface area (Å²) < 4.78 is 0. The van der Waals surface area contributed by atoms with Gasteiger partial charge in [-0.15, -0.1) is 0 Å². The van der Waals surface area contributed by atoms with E-state index in [1.165, 1.54) is 5.56 Å². The zero-order valence-electron chi connectivity index (χ0n) is 10.9. The SMILES string of the molecule is CC1Cc2ccccc2N1C(=O)Cc1ccccn1. The molecule has 19 heavy (non-hydrogen) atoms. The average molecular weight is 252 g/mol. The quantitative estimate of drug-likeness (QED) is 0.823. The molecule has 1 aromatic heterocycles. The molecule has 0 bridgehead atoms. The fourth-order valence-electron chi connectivity index (χ4n) is 2.69. The van der Waals surface area contributed by atoms with Crippen molar-refractivity contribution >= 4 is 11.6 Å². The number of para-hydroxylation sites is 1. The van der Waals surface area contributed by atoms with E-state index in [-0.39, 0.29) is 11.9 Å². The number of anilines is 1. The summed E-state index contributed by atoms with van der Waals surface area (Å²) in [5, 5.41) is 0. The Morgan fingerprint density at radius 2 is 2.05 bits per heavy atom. The number of fused-ring (bicyclic) bond motifs is 1. The van der Waals surface area contributed by atoms with E-state index < -0.39 is 0 Å². The maximum absolute atomic E-state index is 12.5. The van der Waals surface area contributed by atoms with Gasteiger partial charge in [0, 0.05) is 23.6 Å². The smallest absolute Gasteiger partial charge is 0.233 e. The van der Waals surface area contributed by atoms with Crippen molar-refractivity contribution in [3.63, 3.8) is 0 Å². The minimum atomic E-state index is 0.121. The molecule has 1 atom stereocenters. The van der Waals surface area contributed by atoms with E-state index in [2.05, 4.69) is 18.0 Å². The van der Waals surface area contributed by atoms with Crippen molar-refractivity contribution in [3.05, 3.63) is 59.9 Å². The second kappa shape index (κ2) is 4.84. The van der Waals surface area contributed by atoms with Gasteiger partial charge in [0.25, 0.3) is 0 Å². The summed E-state index contributed by atoms with van der Waals surface area (Å²) in [4.78, 5) is 18.6. The summed E-state index contributed by atoms with van der Waals surface area (Å²) in [6.07, 6.45) is 3.02. The first-order valence-corrected chi connectivity index (χ1v) is 6.55. The molecule has 1 aliphatic heterocycles. The van der Waals surface area contributed by atoms with Crippen LogP contribution in [-0.2, 0) is 17.6 Å². The van der Waals surface area contributed by atoms with Gasteiger partial charge in [0.2, 0.25) is 5.91 Å². The monoisotopic (exact) mass is 252 g/mol. The van der Waals surface area contributed by atoms with Gasteiger partial charge in [-0.2, -0.15) is 0 Å². The molecule has 0 saturated heterocycles. The van der Waals surface area contributed by atoms with Crippen molar-refractivity contribution in [1.29, 1.82) is 0 Å². The van der Waals surface area contributed by atoms with Gasteiger partial charge in [0.15, 0.2) is 0 Å². The number of nitrogens with zero attached hydrogens (tertiary/aromatic N) is 2. The molecule has 0 aliphatic carbocycles. The Kier molecular flexibility index (Phi) is 3.03. The Balaban J connectivity index is 1.84. The fourth-order valence-corrected chi connectivity index (χ4v) is 2.69. The first-order chi connectivity index (χ1) is 9.25. The number of aromatic nitrogens is 1. The van der Waals surface area contributed by atoms with E-state index in [0.29, 0.717) is 6.42 Å². The molecular weight excluding hydrogens is 236 g/mol. The van der Waals surface area contributed by atoms with Crippen LogP contribution in [0.4, 0.5) is 5.69 Å². The lowest BCUT2D eigenvalue weighted by molar-refractivity contribution is -0.118. The minimum Gasteiger partial charge on any atom is -0.309 e. The van der Waals surface area contributed by atoms with Crippen LogP contribution in [0.3, 0.4) is 0 Å². The molecule has 3 heteroatoms. The normalized spacial score (nSPS) is 17.3. The third-order valence-electron chi connectivity index (χ3n) is 3.53. The van der Waals surface area contributed by atoms with Crippen LogP contribution >= 0.6 is 0 Å². The first-order valence-electron chi connectivity index (χ1n) is 6.55. The summed E-state index contributed by atoms with van der Waals surface area (Å²) in [5.74, 6) is 0.121. The van der Waals surface area contributed by atoms with Crippen molar-refractivity contribution in [2.24, 2.45) is 0 Å². The zero-order valence-corrected chi connectivity index (χ0v) is 10.9. The van der Waals surface area contributed by atoms with Crippen LogP contribution in [0.1, 0.15) is 18.2 Å². The minimum absolute atomic E-state index is 0.121. The molecule has 96 valence electrons. The lowest BCUT2D eigenvalue weighted by Gasteiger charge is -2.22. The Labute approximate surface area is 112 Å². The summed E-state index contributed by atoms with van der Waals surface area (Å²) in [6.45, 7) is 2.09. The highest BCUT2D eigenvalue weighted by Crippen LogP contribution is 2.32. The molecule has 3 nitrogen and oxygen atoms in total. The first kappa shape index (κ1) is 11.9. The number of hydrogen-bond acceptors (Lipinski definition) is 2. The molecular formula is C16H16N2O. The molecule has 0 spiro atoms. The maximum Gasteiger partial charge on any atom is 0.233 e. The number of pyridine rings is 1. The van der Waals surface area contributed by atoms with Crippen molar-refractivity contribution < 1.29 is 4.79 Å². The number of rotatable bonds is 2. The van der Waals surface area contributed by atoms with Gasteiger partial charge in [-0.05, 0) is 37.1 Å². The standard InChI is InChI=1S/C16H16N2O/c1-12-10-13-6-2-3-8-15(13)18(12)16(19)11-14-7-4-5-9-17-14/h2-9,12H,10-11H2,1H3. The molecule has 2 aromatic rings. The van der Waals surface area contributed by atoms with Crippen molar-refractivity contribution in [1.82, 2.24) is 4.98 Å². The summed E-state index contributed by atoms with van der Waals surface area (Å²) in [7, 11) is 0. The largest absolute Gasteiger partial charge is 0.309 e. The van der Waals surface area contributed by atoms with Crippen LogP contribution in [0.15, 0.2) is 48.7 Å². The number of carbonyl (C=O) groups excluding carboxylic acids is 1. The highest BCUT2D eigenvalue weighted by Gasteiger charge is 2.30. The predicted octanol–water partition coefficient (Wildman–Crippen LogP) is 2.60. The third kappa shape index (κ3) is 2.24. The van der Waals surface area contributed by atoms with E-state index >= 15 is 0 Å². The molecule has 1 aliphatic rings. The number of amides is 1. The Bertz CT molecular complexity index is 595. The number of carbonyl (C=O) groups is 1. The van der Waals surface area contributed by atoms with E-state index in [1.807, 2.05) is 41.3 Å². The van der Waals surface area contributed by atoms with E-state index in [1.54, 1.807) is 6.20 Å². The van der Waals surface area contributed by atoms with Crippen LogP contribution < -0.4 is 4.90 Å². The topological polar surface area (TPSA) is 33.2 Å². The molecule has 3 rings (SSSR count). The highest BCUT2D eigenvalue weighted by atomic mass is 16.2. The Morgan fingerprint density at radius 1 is 1.26 bits per heavy atom. The number of hydrogen-bond donors (Lipinski definition) is 0. The second-order valence-electron chi connectivity index (χ2n) is 4.94. The van der Waals surface area contributed by atoms with Crippen LogP contribution in [0, 0.1) is 0 Å². The van der Waals surface area contributed by atoms with Crippen molar-refractivity contribution in [2.75, 3.05) is 4.90 Å². The van der Waals surface area contributed by atoms with Crippen molar-refractivity contribution in [3.8, 4) is 0 Å². The Hall–Kier alpha value is -2.16. The molecule has 0 saturated carbocycles. The zero-order chi connectivity index (χ0) is 13.2. The predicted molar refractivity (Wildman–Crippen MR) is 75.0 cm³/mol. The van der Waals surface area contributed by atoms with Gasteiger partial charge in [-0.3, -0.25) is 9.78 Å². The van der Waals surface area contributed by atoms with E-state index in [4.69, 9.17) is 0 Å².